The van der Waals surface area contributed by atoms with Crippen molar-refractivity contribution < 1.29 is 24.2 Å². The average Bonchev–Trinajstić information content (AvgIpc) is 2.90. The second-order valence-corrected chi connectivity index (χ2v) is 5.18. The van der Waals surface area contributed by atoms with Gasteiger partial charge in [-0.2, -0.15) is 0 Å². The van der Waals surface area contributed by atoms with Crippen LogP contribution in [0.4, 0.5) is 0 Å². The molecule has 1 aromatic rings. The van der Waals surface area contributed by atoms with Crippen molar-refractivity contribution in [3.63, 3.8) is 0 Å². The minimum absolute atomic E-state index is 0.00792. The number of carbonyl (C=O) groups excluding carboxylic acids is 2. The van der Waals surface area contributed by atoms with Gasteiger partial charge in [-0.1, -0.05) is 0 Å². The summed E-state index contributed by atoms with van der Waals surface area (Å²) in [4.78, 5) is 49.0. The summed E-state index contributed by atoms with van der Waals surface area (Å²) in [5.74, 6) is -2.50. The van der Waals surface area contributed by atoms with Crippen LogP contribution in [0.3, 0.4) is 0 Å². The van der Waals surface area contributed by atoms with Gasteiger partial charge >= 0.3 is 11.9 Å². The highest BCUT2D eigenvalue weighted by Crippen LogP contribution is 2.28. The van der Waals surface area contributed by atoms with E-state index >= 15 is 0 Å². The molecular formula is C14H16N2O6. The van der Waals surface area contributed by atoms with Crippen molar-refractivity contribution in [2.24, 2.45) is 0 Å². The average molecular weight is 308 g/mol. The highest BCUT2D eigenvalue weighted by atomic mass is 16.5. The number of carboxylic acid groups (broad SMARTS) is 1. The number of aromatic nitrogens is 1. The molecule has 0 fully saturated rings. The van der Waals surface area contributed by atoms with Crippen molar-refractivity contribution in [1.29, 1.82) is 0 Å². The Hall–Kier alpha value is -2.64. The van der Waals surface area contributed by atoms with Crippen molar-refractivity contribution in [3.05, 3.63) is 33.2 Å². The zero-order chi connectivity index (χ0) is 16.6. The Morgan fingerprint density at radius 1 is 1.32 bits per heavy atom. The molecule has 1 aromatic heterocycles. The predicted molar refractivity (Wildman–Crippen MR) is 75.1 cm³/mol. The molecule has 0 radical (unpaired) electrons. The number of aromatic carboxylic acids is 1. The van der Waals surface area contributed by atoms with Gasteiger partial charge in [-0.3, -0.25) is 14.2 Å². The topological polar surface area (TPSA) is 106 Å². The van der Waals surface area contributed by atoms with E-state index in [9.17, 15) is 19.2 Å². The maximum atomic E-state index is 12.4. The van der Waals surface area contributed by atoms with Crippen LogP contribution < -0.4 is 5.56 Å². The van der Waals surface area contributed by atoms with Crippen LogP contribution in [0.2, 0.25) is 0 Å². The number of methoxy groups -OCH3 is 1. The van der Waals surface area contributed by atoms with E-state index in [1.807, 2.05) is 0 Å². The quantitative estimate of drug-likeness (QED) is 0.782. The van der Waals surface area contributed by atoms with Gasteiger partial charge in [0, 0.05) is 19.8 Å². The highest BCUT2D eigenvalue weighted by molar-refractivity contribution is 5.95. The number of carbonyl (C=O) groups is 3. The fraction of sp³-hybridized carbons (Fsp3) is 0.429. The van der Waals surface area contributed by atoms with E-state index in [1.165, 1.54) is 12.0 Å². The first-order chi connectivity index (χ1) is 10.3. The summed E-state index contributed by atoms with van der Waals surface area (Å²) in [5.41, 5.74) is -0.994. The Morgan fingerprint density at radius 3 is 2.45 bits per heavy atom. The maximum Gasteiger partial charge on any atom is 0.341 e. The number of carboxylic acids is 1. The molecule has 2 heterocycles. The number of nitrogens with zero attached hydrogens (tertiary/aromatic N) is 2. The lowest BCUT2D eigenvalue weighted by Crippen LogP contribution is -2.37. The summed E-state index contributed by atoms with van der Waals surface area (Å²) in [6.45, 7) is 0. The van der Waals surface area contributed by atoms with Crippen molar-refractivity contribution in [3.8, 4) is 0 Å². The number of likely N-dealkylation sites (N-methyl/N-ethyl adjacent to an activating group) is 1. The number of ether oxygens (including phenoxy) is 1. The summed E-state index contributed by atoms with van der Waals surface area (Å²) >= 11 is 0. The zero-order valence-corrected chi connectivity index (χ0v) is 12.5. The maximum absolute atomic E-state index is 12.4. The number of esters is 1. The monoisotopic (exact) mass is 308 g/mol. The van der Waals surface area contributed by atoms with E-state index in [1.54, 1.807) is 14.1 Å². The summed E-state index contributed by atoms with van der Waals surface area (Å²) < 4.78 is 5.75. The first-order valence-corrected chi connectivity index (χ1v) is 6.60. The van der Waals surface area contributed by atoms with Crippen molar-refractivity contribution in [1.82, 2.24) is 9.47 Å². The number of fused-ring (bicyclic) bond motifs is 1. The Labute approximate surface area is 125 Å². The summed E-state index contributed by atoms with van der Waals surface area (Å²) in [6, 6.07) is 0.213. The van der Waals surface area contributed by atoms with Gasteiger partial charge in [-0.05, 0) is 18.9 Å². The van der Waals surface area contributed by atoms with Gasteiger partial charge in [0.2, 0.25) is 5.91 Å². The molecule has 8 heteroatoms. The molecular weight excluding hydrogens is 292 g/mol. The minimum Gasteiger partial charge on any atom is -0.477 e. The number of hydrogen-bond acceptors (Lipinski definition) is 5. The second kappa shape index (κ2) is 5.63. The molecule has 1 atom stereocenters. The number of amides is 1. The SMILES string of the molecule is COC(=O)c1cc(C(=O)O)c(=O)n2c1CCC2C(=O)N(C)C. The molecule has 1 aliphatic heterocycles. The van der Waals surface area contributed by atoms with E-state index in [0.29, 0.717) is 18.5 Å². The number of hydrogen-bond donors (Lipinski definition) is 1. The molecule has 0 saturated carbocycles. The molecule has 0 spiro atoms. The first kappa shape index (κ1) is 15.7. The van der Waals surface area contributed by atoms with Gasteiger partial charge in [0.05, 0.1) is 12.7 Å². The van der Waals surface area contributed by atoms with Crippen molar-refractivity contribution in [2.75, 3.05) is 21.2 Å². The van der Waals surface area contributed by atoms with Crippen LogP contribution in [0.5, 0.6) is 0 Å². The third-order valence-electron chi connectivity index (χ3n) is 3.67. The molecule has 1 unspecified atom stereocenters. The molecule has 0 aromatic carbocycles. The molecule has 22 heavy (non-hydrogen) atoms. The van der Waals surface area contributed by atoms with Crippen LogP contribution in [-0.2, 0) is 16.0 Å². The van der Waals surface area contributed by atoms with Gasteiger partial charge in [0.15, 0.2) is 0 Å². The van der Waals surface area contributed by atoms with E-state index < -0.39 is 29.1 Å². The molecule has 0 aliphatic carbocycles. The fourth-order valence-electron chi connectivity index (χ4n) is 2.63. The number of rotatable bonds is 3. The third kappa shape index (κ3) is 2.36. The first-order valence-electron chi connectivity index (χ1n) is 6.60. The van der Waals surface area contributed by atoms with Gasteiger partial charge in [0.1, 0.15) is 11.6 Å². The minimum atomic E-state index is -1.45. The van der Waals surface area contributed by atoms with E-state index in [0.717, 1.165) is 10.6 Å². The summed E-state index contributed by atoms with van der Waals surface area (Å²) in [5, 5.41) is 9.15. The van der Waals surface area contributed by atoms with Crippen LogP contribution in [0.15, 0.2) is 10.9 Å². The van der Waals surface area contributed by atoms with Gasteiger partial charge in [-0.15, -0.1) is 0 Å². The van der Waals surface area contributed by atoms with E-state index in [4.69, 9.17) is 5.11 Å². The second-order valence-electron chi connectivity index (χ2n) is 5.18. The smallest absolute Gasteiger partial charge is 0.341 e. The third-order valence-corrected chi connectivity index (χ3v) is 3.67. The molecule has 2 rings (SSSR count). The zero-order valence-electron chi connectivity index (χ0n) is 12.5. The summed E-state index contributed by atoms with van der Waals surface area (Å²) in [6.07, 6.45) is 0.656. The van der Waals surface area contributed by atoms with Crippen LogP contribution in [0.1, 0.15) is 38.9 Å². The van der Waals surface area contributed by atoms with Gasteiger partial charge < -0.3 is 14.7 Å². The Morgan fingerprint density at radius 2 is 1.95 bits per heavy atom. The van der Waals surface area contributed by atoms with Crippen molar-refractivity contribution >= 4 is 17.8 Å². The lowest BCUT2D eigenvalue weighted by molar-refractivity contribution is -0.132. The highest BCUT2D eigenvalue weighted by Gasteiger charge is 2.35. The molecule has 0 saturated heterocycles. The van der Waals surface area contributed by atoms with Crippen LogP contribution in [0, 0.1) is 0 Å². The lowest BCUT2D eigenvalue weighted by Gasteiger charge is -2.19. The van der Waals surface area contributed by atoms with Crippen LogP contribution >= 0.6 is 0 Å². The Balaban J connectivity index is 2.73. The molecule has 1 N–H and O–H groups in total. The summed E-state index contributed by atoms with van der Waals surface area (Å²) in [7, 11) is 4.27. The standard InChI is InChI=1S/C14H16N2O6/c1-15(2)12(18)10-5-4-9-7(14(21)22-3)6-8(13(19)20)11(17)16(9)10/h6,10H,4-5H2,1-3H3,(H,19,20). The van der Waals surface area contributed by atoms with Gasteiger partial charge in [0.25, 0.3) is 5.56 Å². The predicted octanol–water partition coefficient (Wildman–Crippen LogP) is -0.0914. The van der Waals surface area contributed by atoms with E-state index in [-0.39, 0.29) is 11.5 Å². The fourth-order valence-corrected chi connectivity index (χ4v) is 2.63. The van der Waals surface area contributed by atoms with Crippen LogP contribution in [-0.4, -0.2) is 53.6 Å². The molecule has 118 valence electrons. The molecule has 1 amide bonds. The Bertz CT molecular complexity index is 719. The Kier molecular flexibility index (Phi) is 4.03. The van der Waals surface area contributed by atoms with Crippen molar-refractivity contribution in [2.45, 2.75) is 18.9 Å². The lowest BCUT2D eigenvalue weighted by atomic mass is 10.1. The molecule has 1 aliphatic rings. The normalized spacial score (nSPS) is 16.0. The molecule has 8 nitrogen and oxygen atoms in total. The van der Waals surface area contributed by atoms with E-state index in [2.05, 4.69) is 4.74 Å². The van der Waals surface area contributed by atoms with Gasteiger partial charge in [-0.25, -0.2) is 9.59 Å². The van der Waals surface area contributed by atoms with Crippen LogP contribution in [0.25, 0.3) is 0 Å². The molecule has 0 bridgehead atoms. The number of pyridine rings is 1. The largest absolute Gasteiger partial charge is 0.477 e.